The van der Waals surface area contributed by atoms with E-state index in [1.807, 2.05) is 6.07 Å². The van der Waals surface area contributed by atoms with Crippen LogP contribution in [0, 0.1) is 35.5 Å². The Labute approximate surface area is 134 Å². The Balaban J connectivity index is 1.47. The quantitative estimate of drug-likeness (QED) is 0.734. The molecule has 7 atom stereocenters. The largest absolute Gasteiger partial charge is 0.508 e. The summed E-state index contributed by atoms with van der Waals surface area (Å²) in [5, 5.41) is 10.1. The van der Waals surface area contributed by atoms with Gasteiger partial charge in [-0.2, -0.15) is 0 Å². The van der Waals surface area contributed by atoms with E-state index < -0.39 is 0 Å². The van der Waals surface area contributed by atoms with Crippen molar-refractivity contribution in [3.05, 3.63) is 29.3 Å². The minimum absolute atomic E-state index is 0.411. The molecule has 1 heteroatoms. The molecular formula is C21H28O. The third kappa shape index (κ3) is 1.66. The van der Waals surface area contributed by atoms with Gasteiger partial charge in [-0.05, 0) is 96.6 Å². The molecule has 4 fully saturated rings. The summed E-state index contributed by atoms with van der Waals surface area (Å²) < 4.78 is 0. The van der Waals surface area contributed by atoms with Gasteiger partial charge in [0.05, 0.1) is 0 Å². The van der Waals surface area contributed by atoms with Gasteiger partial charge in [0.2, 0.25) is 0 Å². The highest BCUT2D eigenvalue weighted by atomic mass is 16.3. The molecule has 4 bridgehead atoms. The number of phenols is 1. The number of fused-ring (bicyclic) bond motifs is 9. The van der Waals surface area contributed by atoms with Crippen molar-refractivity contribution >= 4 is 0 Å². The summed E-state index contributed by atoms with van der Waals surface area (Å²) >= 11 is 0. The van der Waals surface area contributed by atoms with E-state index >= 15 is 0 Å². The standard InChI is InChI=1S/C21H28O/c1-11(2)16-8-12(5-6-19(16)22)17-9-15-10-18(17)21-14-4-3-13(7-14)20(15)21/h5-6,8,11,13-15,17-18,20-22H,3-4,7,9-10H2,1-2H3. The molecule has 22 heavy (non-hydrogen) atoms. The first-order valence-electron chi connectivity index (χ1n) is 9.46. The highest BCUT2D eigenvalue weighted by Gasteiger charge is 2.62. The second-order valence-electron chi connectivity index (χ2n) is 8.96. The van der Waals surface area contributed by atoms with Crippen LogP contribution < -0.4 is 0 Å². The molecule has 1 nitrogen and oxygen atoms in total. The van der Waals surface area contributed by atoms with Gasteiger partial charge in [-0.1, -0.05) is 26.0 Å². The molecule has 4 saturated carbocycles. The Hall–Kier alpha value is -0.980. The fourth-order valence-electron chi connectivity index (χ4n) is 7.21. The van der Waals surface area contributed by atoms with Crippen molar-refractivity contribution in [3.63, 3.8) is 0 Å². The lowest BCUT2D eigenvalue weighted by molar-refractivity contribution is 0.130. The fraction of sp³-hybridized carbons (Fsp3) is 0.714. The first kappa shape index (κ1) is 13.5. The van der Waals surface area contributed by atoms with E-state index in [1.165, 1.54) is 31.2 Å². The molecule has 0 saturated heterocycles. The van der Waals surface area contributed by atoms with Gasteiger partial charge in [0.15, 0.2) is 0 Å². The van der Waals surface area contributed by atoms with E-state index in [2.05, 4.69) is 26.0 Å². The molecule has 0 amide bonds. The Morgan fingerprint density at radius 2 is 1.73 bits per heavy atom. The number of hydrogen-bond donors (Lipinski definition) is 1. The second-order valence-corrected chi connectivity index (χ2v) is 8.96. The summed E-state index contributed by atoms with van der Waals surface area (Å²) in [6, 6.07) is 6.50. The summed E-state index contributed by atoms with van der Waals surface area (Å²) in [6.07, 6.45) is 7.55. The average molecular weight is 296 g/mol. The van der Waals surface area contributed by atoms with Crippen LogP contribution in [0.15, 0.2) is 18.2 Å². The van der Waals surface area contributed by atoms with Crippen LogP contribution in [0.5, 0.6) is 5.75 Å². The van der Waals surface area contributed by atoms with E-state index in [4.69, 9.17) is 0 Å². The molecule has 5 rings (SSSR count). The highest BCUT2D eigenvalue weighted by Crippen LogP contribution is 2.70. The number of hydrogen-bond acceptors (Lipinski definition) is 1. The minimum atomic E-state index is 0.411. The van der Waals surface area contributed by atoms with Crippen molar-refractivity contribution in [2.45, 2.75) is 57.8 Å². The topological polar surface area (TPSA) is 20.2 Å². The maximum atomic E-state index is 10.1. The van der Waals surface area contributed by atoms with Crippen LogP contribution in [-0.4, -0.2) is 5.11 Å². The zero-order valence-electron chi connectivity index (χ0n) is 13.8. The molecule has 1 aromatic carbocycles. The first-order chi connectivity index (χ1) is 10.6. The molecule has 1 N–H and O–H groups in total. The van der Waals surface area contributed by atoms with E-state index in [0.29, 0.717) is 11.7 Å². The summed E-state index contributed by atoms with van der Waals surface area (Å²) in [5.41, 5.74) is 2.67. The highest BCUT2D eigenvalue weighted by molar-refractivity contribution is 5.40. The van der Waals surface area contributed by atoms with Crippen LogP contribution in [0.3, 0.4) is 0 Å². The maximum absolute atomic E-state index is 10.1. The van der Waals surface area contributed by atoms with Gasteiger partial charge in [0.25, 0.3) is 0 Å². The molecule has 7 unspecified atom stereocenters. The Morgan fingerprint density at radius 1 is 0.955 bits per heavy atom. The lowest BCUT2D eigenvalue weighted by Crippen LogP contribution is -2.31. The van der Waals surface area contributed by atoms with Crippen LogP contribution in [-0.2, 0) is 0 Å². The Kier molecular flexibility index (Phi) is 2.77. The third-order valence-electron chi connectivity index (χ3n) is 7.84. The first-order valence-corrected chi connectivity index (χ1v) is 9.46. The smallest absolute Gasteiger partial charge is 0.119 e. The maximum Gasteiger partial charge on any atom is 0.119 e. The summed E-state index contributed by atoms with van der Waals surface area (Å²) in [5.74, 6) is 7.96. The summed E-state index contributed by atoms with van der Waals surface area (Å²) in [6.45, 7) is 4.37. The Morgan fingerprint density at radius 3 is 2.50 bits per heavy atom. The summed E-state index contributed by atoms with van der Waals surface area (Å²) in [4.78, 5) is 0. The van der Waals surface area contributed by atoms with Gasteiger partial charge in [0.1, 0.15) is 5.75 Å². The van der Waals surface area contributed by atoms with E-state index in [-0.39, 0.29) is 0 Å². The van der Waals surface area contributed by atoms with Gasteiger partial charge in [-0.25, -0.2) is 0 Å². The van der Waals surface area contributed by atoms with Gasteiger partial charge < -0.3 is 5.11 Å². The van der Waals surface area contributed by atoms with Crippen molar-refractivity contribution in [2.24, 2.45) is 35.5 Å². The molecule has 0 aromatic heterocycles. The van der Waals surface area contributed by atoms with Crippen LogP contribution in [0.4, 0.5) is 0 Å². The molecular weight excluding hydrogens is 268 g/mol. The second kappa shape index (κ2) is 4.52. The molecule has 0 heterocycles. The normalized spacial score (nSPS) is 45.0. The van der Waals surface area contributed by atoms with E-state index in [1.54, 1.807) is 6.42 Å². The van der Waals surface area contributed by atoms with Gasteiger partial charge >= 0.3 is 0 Å². The predicted molar refractivity (Wildman–Crippen MR) is 89.0 cm³/mol. The van der Waals surface area contributed by atoms with Crippen LogP contribution in [0.2, 0.25) is 0 Å². The van der Waals surface area contributed by atoms with Gasteiger partial charge in [0, 0.05) is 0 Å². The molecule has 0 aliphatic heterocycles. The number of rotatable bonds is 2. The summed E-state index contributed by atoms with van der Waals surface area (Å²) in [7, 11) is 0. The molecule has 4 aliphatic carbocycles. The molecule has 118 valence electrons. The number of aromatic hydroxyl groups is 1. The monoisotopic (exact) mass is 296 g/mol. The minimum Gasteiger partial charge on any atom is -0.508 e. The Bertz CT molecular complexity index is 604. The average Bonchev–Trinajstić information content (AvgIpc) is 3.25. The van der Waals surface area contributed by atoms with Crippen molar-refractivity contribution in [1.82, 2.24) is 0 Å². The van der Waals surface area contributed by atoms with Crippen LogP contribution in [0.25, 0.3) is 0 Å². The SMILES string of the molecule is CC(C)c1cc(C2CC3CC2C2C4CCC(C4)C32)ccc1O. The molecule has 0 spiro atoms. The fourth-order valence-corrected chi connectivity index (χ4v) is 7.21. The number of phenolic OH excluding ortho intramolecular Hbond substituents is 1. The number of benzene rings is 1. The third-order valence-corrected chi connectivity index (χ3v) is 7.84. The van der Waals surface area contributed by atoms with Crippen molar-refractivity contribution in [2.75, 3.05) is 0 Å². The lowest BCUT2D eigenvalue weighted by Gasteiger charge is -2.39. The van der Waals surface area contributed by atoms with Crippen molar-refractivity contribution < 1.29 is 5.11 Å². The predicted octanol–water partition coefficient (Wildman–Crippen LogP) is 5.30. The van der Waals surface area contributed by atoms with Gasteiger partial charge in [-0.15, -0.1) is 0 Å². The molecule has 0 radical (unpaired) electrons. The van der Waals surface area contributed by atoms with Gasteiger partial charge in [-0.3, -0.25) is 0 Å². The van der Waals surface area contributed by atoms with E-state index in [9.17, 15) is 5.11 Å². The lowest BCUT2D eigenvalue weighted by atomic mass is 9.66. The zero-order chi connectivity index (χ0) is 15.0. The van der Waals surface area contributed by atoms with E-state index in [0.717, 1.165) is 47.0 Å². The zero-order valence-corrected chi connectivity index (χ0v) is 13.8. The van der Waals surface area contributed by atoms with Crippen molar-refractivity contribution in [3.8, 4) is 5.75 Å². The van der Waals surface area contributed by atoms with Crippen molar-refractivity contribution in [1.29, 1.82) is 0 Å². The van der Waals surface area contributed by atoms with Crippen LogP contribution in [0.1, 0.15) is 68.9 Å². The molecule has 1 aromatic rings. The van der Waals surface area contributed by atoms with Crippen LogP contribution >= 0.6 is 0 Å². The molecule has 4 aliphatic rings.